The van der Waals surface area contributed by atoms with Gasteiger partial charge in [0.1, 0.15) is 0 Å². The zero-order valence-electron chi connectivity index (χ0n) is 11.0. The van der Waals surface area contributed by atoms with Crippen LogP contribution >= 0.6 is 0 Å². The molecule has 1 aliphatic carbocycles. The molecular formula is C12H21NO7. The molecule has 0 radical (unpaired) electrons. The Hall–Kier alpha value is -0.770. The van der Waals surface area contributed by atoms with Crippen molar-refractivity contribution in [2.24, 2.45) is 17.6 Å². The third-order valence-electron chi connectivity index (χ3n) is 4.03. The first-order valence-electron chi connectivity index (χ1n) is 6.69. The van der Waals surface area contributed by atoms with Crippen LogP contribution in [-0.4, -0.2) is 63.8 Å². The maximum Gasteiger partial charge on any atom is 0.217 e. The van der Waals surface area contributed by atoms with Crippen molar-refractivity contribution in [3.8, 4) is 0 Å². The first kappa shape index (κ1) is 15.6. The Morgan fingerprint density at radius 3 is 2.60 bits per heavy atom. The third-order valence-corrected chi connectivity index (χ3v) is 4.03. The molecule has 8 heteroatoms. The van der Waals surface area contributed by atoms with Gasteiger partial charge in [-0.3, -0.25) is 4.79 Å². The molecule has 6 unspecified atom stereocenters. The number of aliphatic hydroxyl groups is 4. The number of ether oxygens (including phenoxy) is 2. The smallest absolute Gasteiger partial charge is 0.217 e. The molecule has 20 heavy (non-hydrogen) atoms. The van der Waals surface area contributed by atoms with Crippen molar-refractivity contribution in [2.75, 3.05) is 13.2 Å². The van der Waals surface area contributed by atoms with Crippen molar-refractivity contribution in [3.63, 3.8) is 0 Å². The monoisotopic (exact) mass is 291 g/mol. The molecule has 6 atom stereocenters. The molecule has 1 saturated carbocycles. The second-order valence-corrected chi connectivity index (χ2v) is 5.33. The minimum absolute atomic E-state index is 0.274. The number of rotatable bonds is 7. The quantitative estimate of drug-likeness (QED) is 0.331. The summed E-state index contributed by atoms with van der Waals surface area (Å²) >= 11 is 0. The number of aliphatic hydroxyl groups excluding tert-OH is 3. The molecule has 2 fully saturated rings. The molecule has 2 aliphatic rings. The highest BCUT2D eigenvalue weighted by atomic mass is 16.8. The van der Waals surface area contributed by atoms with E-state index in [1.807, 2.05) is 0 Å². The van der Waals surface area contributed by atoms with Gasteiger partial charge in [-0.05, 0) is 12.8 Å². The maximum absolute atomic E-state index is 10.5. The van der Waals surface area contributed by atoms with Crippen LogP contribution in [0.1, 0.15) is 19.3 Å². The van der Waals surface area contributed by atoms with Crippen LogP contribution in [-0.2, 0) is 14.3 Å². The van der Waals surface area contributed by atoms with Crippen molar-refractivity contribution in [3.05, 3.63) is 0 Å². The summed E-state index contributed by atoms with van der Waals surface area (Å²) in [4.78, 5) is 10.5. The zero-order chi connectivity index (χ0) is 14.9. The molecule has 1 heterocycles. The van der Waals surface area contributed by atoms with Crippen molar-refractivity contribution in [1.29, 1.82) is 0 Å². The van der Waals surface area contributed by atoms with Crippen molar-refractivity contribution >= 4 is 5.91 Å². The number of hydrogen-bond donors (Lipinski definition) is 5. The molecule has 1 amide bonds. The summed E-state index contributed by atoms with van der Waals surface area (Å²) < 4.78 is 10.5. The number of fused-ring (bicyclic) bond motifs is 1. The van der Waals surface area contributed by atoms with Gasteiger partial charge in [-0.2, -0.15) is 0 Å². The van der Waals surface area contributed by atoms with Crippen molar-refractivity contribution in [1.82, 2.24) is 0 Å². The summed E-state index contributed by atoms with van der Waals surface area (Å²) in [7, 11) is 0. The van der Waals surface area contributed by atoms with Gasteiger partial charge in [0.25, 0.3) is 0 Å². The minimum atomic E-state index is -1.74. The number of amides is 1. The summed E-state index contributed by atoms with van der Waals surface area (Å²) in [5.41, 5.74) is 5.00. The predicted molar refractivity (Wildman–Crippen MR) is 64.9 cm³/mol. The predicted octanol–water partition coefficient (Wildman–Crippen LogP) is -2.34. The fourth-order valence-corrected chi connectivity index (χ4v) is 2.87. The van der Waals surface area contributed by atoms with Crippen LogP contribution in [0.3, 0.4) is 0 Å². The number of unbranched alkanes of at least 4 members (excludes halogenated alkanes) is 1. The second-order valence-electron chi connectivity index (χ2n) is 5.33. The molecular weight excluding hydrogens is 270 g/mol. The summed E-state index contributed by atoms with van der Waals surface area (Å²) in [6.07, 6.45) is -1.83. The number of nitrogens with two attached hydrogens (primary N) is 1. The van der Waals surface area contributed by atoms with Gasteiger partial charge in [0, 0.05) is 13.0 Å². The Bertz CT molecular complexity index is 366. The molecule has 2 rings (SSSR count). The number of carbonyl (C=O) groups is 1. The van der Waals surface area contributed by atoms with Gasteiger partial charge >= 0.3 is 0 Å². The van der Waals surface area contributed by atoms with Crippen LogP contribution < -0.4 is 5.73 Å². The third kappa shape index (κ3) is 2.54. The summed E-state index contributed by atoms with van der Waals surface area (Å²) in [5.74, 6) is -3.85. The van der Waals surface area contributed by atoms with Gasteiger partial charge in [-0.15, -0.1) is 0 Å². The fraction of sp³-hybridized carbons (Fsp3) is 0.917. The van der Waals surface area contributed by atoms with Crippen LogP contribution in [0.2, 0.25) is 0 Å². The fourth-order valence-electron chi connectivity index (χ4n) is 2.87. The van der Waals surface area contributed by atoms with E-state index >= 15 is 0 Å². The lowest BCUT2D eigenvalue weighted by atomic mass is 9.89. The molecule has 6 N–H and O–H groups in total. The van der Waals surface area contributed by atoms with Crippen LogP contribution in [0, 0.1) is 11.8 Å². The average molecular weight is 291 g/mol. The number of primary amides is 1. The van der Waals surface area contributed by atoms with Gasteiger partial charge in [0.2, 0.25) is 5.91 Å². The van der Waals surface area contributed by atoms with Gasteiger partial charge in [0.05, 0.1) is 30.7 Å². The van der Waals surface area contributed by atoms with Gasteiger partial charge in [-0.1, -0.05) is 0 Å². The number of hydrogen-bond acceptors (Lipinski definition) is 7. The van der Waals surface area contributed by atoms with E-state index in [-0.39, 0.29) is 18.9 Å². The Morgan fingerprint density at radius 2 is 2.00 bits per heavy atom. The van der Waals surface area contributed by atoms with Gasteiger partial charge in [-0.25, -0.2) is 0 Å². The van der Waals surface area contributed by atoms with E-state index in [4.69, 9.17) is 20.3 Å². The lowest BCUT2D eigenvalue weighted by Crippen LogP contribution is -2.63. The molecule has 116 valence electrons. The minimum Gasteiger partial charge on any atom is -0.396 e. The van der Waals surface area contributed by atoms with E-state index in [9.17, 15) is 20.1 Å². The molecule has 0 aromatic heterocycles. The van der Waals surface area contributed by atoms with Crippen LogP contribution in [0.4, 0.5) is 0 Å². The average Bonchev–Trinajstić information content (AvgIpc) is 2.50. The topological polar surface area (TPSA) is 142 Å². The van der Waals surface area contributed by atoms with Crippen molar-refractivity contribution in [2.45, 2.75) is 43.5 Å². The highest BCUT2D eigenvalue weighted by molar-refractivity contribution is 5.73. The zero-order valence-corrected chi connectivity index (χ0v) is 11.0. The summed E-state index contributed by atoms with van der Waals surface area (Å²) in [6.45, 7) is -0.201. The van der Waals surface area contributed by atoms with Gasteiger partial charge in [0.15, 0.2) is 12.1 Å². The van der Waals surface area contributed by atoms with E-state index in [1.165, 1.54) is 0 Å². The van der Waals surface area contributed by atoms with E-state index in [0.29, 0.717) is 12.8 Å². The van der Waals surface area contributed by atoms with Crippen LogP contribution in [0.25, 0.3) is 0 Å². The SMILES string of the molecule is NC(=O)CCCCOC1OC2(O)C(CO)C(O)C(O)C12. The van der Waals surface area contributed by atoms with E-state index < -0.39 is 42.7 Å². The highest BCUT2D eigenvalue weighted by Gasteiger charge is 2.71. The molecule has 1 aliphatic heterocycles. The second kappa shape index (κ2) is 5.92. The normalized spacial score (nSPS) is 43.1. The van der Waals surface area contributed by atoms with E-state index in [2.05, 4.69) is 0 Å². The highest BCUT2D eigenvalue weighted by Crippen LogP contribution is 2.52. The lowest BCUT2D eigenvalue weighted by Gasteiger charge is -2.49. The molecule has 0 aromatic carbocycles. The van der Waals surface area contributed by atoms with E-state index in [0.717, 1.165) is 0 Å². The molecule has 0 aromatic rings. The Kier molecular flexibility index (Phi) is 4.62. The summed E-state index contributed by atoms with van der Waals surface area (Å²) in [6, 6.07) is 0. The maximum atomic E-state index is 10.5. The largest absolute Gasteiger partial charge is 0.396 e. The molecule has 0 spiro atoms. The first-order chi connectivity index (χ1) is 9.41. The van der Waals surface area contributed by atoms with Crippen molar-refractivity contribution < 1.29 is 34.7 Å². The van der Waals surface area contributed by atoms with Crippen LogP contribution in [0.5, 0.6) is 0 Å². The standard InChI is InChI=1S/C12H21NO7/c13-7(15)3-1-2-4-19-11-8-10(17)9(16)6(5-14)12(8,18)20-11/h6,8-11,14,16-18H,1-5H2,(H2,13,15). The summed E-state index contributed by atoms with van der Waals surface area (Å²) in [5, 5.41) is 38.9. The molecule has 8 nitrogen and oxygen atoms in total. The Labute approximate surface area is 116 Å². The number of carbonyl (C=O) groups excluding carboxylic acids is 1. The Morgan fingerprint density at radius 1 is 1.30 bits per heavy atom. The lowest BCUT2D eigenvalue weighted by molar-refractivity contribution is -0.438. The molecule has 0 bridgehead atoms. The molecule has 1 saturated heterocycles. The van der Waals surface area contributed by atoms with Gasteiger partial charge < -0.3 is 35.6 Å². The first-order valence-corrected chi connectivity index (χ1v) is 6.69. The van der Waals surface area contributed by atoms with E-state index in [1.54, 1.807) is 0 Å². The Balaban J connectivity index is 1.79. The van der Waals surface area contributed by atoms with Crippen LogP contribution in [0.15, 0.2) is 0 Å².